The molecule has 0 bridgehead atoms. The van der Waals surface area contributed by atoms with E-state index in [0.717, 1.165) is 21.7 Å². The molecule has 0 unspecified atom stereocenters. The van der Waals surface area contributed by atoms with Crippen LogP contribution in [0.25, 0.3) is 5.57 Å². The van der Waals surface area contributed by atoms with Crippen molar-refractivity contribution in [3.63, 3.8) is 0 Å². The fourth-order valence-corrected chi connectivity index (χ4v) is 1.70. The van der Waals surface area contributed by atoms with Gasteiger partial charge in [-0.05, 0) is 35.8 Å². The first-order valence-electron chi connectivity index (χ1n) is 5.19. The van der Waals surface area contributed by atoms with Gasteiger partial charge in [-0.1, -0.05) is 60.1 Å². The average Bonchev–Trinajstić information content (AvgIpc) is 2.30. The van der Waals surface area contributed by atoms with Gasteiger partial charge in [0.05, 0.1) is 0 Å². The quantitative estimate of drug-likeness (QED) is 0.698. The van der Waals surface area contributed by atoms with Crippen LogP contribution in [-0.2, 0) is 0 Å². The molecule has 0 radical (unpaired) electrons. The number of benzene rings is 2. The largest absolute Gasteiger partial charge is 0.0906 e. The van der Waals surface area contributed by atoms with Crippen LogP contribution in [0.1, 0.15) is 16.7 Å². The highest BCUT2D eigenvalue weighted by atomic mass is 35.5. The number of halogens is 1. The summed E-state index contributed by atoms with van der Waals surface area (Å²) in [6, 6.07) is 16.1. The number of hydrogen-bond donors (Lipinski definition) is 0. The smallest absolute Gasteiger partial charge is 0.0406 e. The van der Waals surface area contributed by atoms with E-state index in [1.807, 2.05) is 24.3 Å². The molecule has 0 nitrogen and oxygen atoms in total. The van der Waals surface area contributed by atoms with Gasteiger partial charge >= 0.3 is 0 Å². The molecule has 0 heterocycles. The average molecular weight is 229 g/mol. The Morgan fingerprint density at radius 2 is 1.31 bits per heavy atom. The Kier molecular flexibility index (Phi) is 3.12. The van der Waals surface area contributed by atoms with E-state index in [4.69, 9.17) is 11.6 Å². The van der Waals surface area contributed by atoms with Gasteiger partial charge in [0.15, 0.2) is 0 Å². The van der Waals surface area contributed by atoms with Crippen LogP contribution in [-0.4, -0.2) is 0 Å². The van der Waals surface area contributed by atoms with Crippen molar-refractivity contribution in [1.82, 2.24) is 0 Å². The molecular formula is C15H13Cl. The lowest BCUT2D eigenvalue weighted by Crippen LogP contribution is -1.85. The summed E-state index contributed by atoms with van der Waals surface area (Å²) in [6.45, 7) is 6.19. The minimum Gasteiger partial charge on any atom is -0.0906 e. The van der Waals surface area contributed by atoms with Crippen molar-refractivity contribution in [2.75, 3.05) is 0 Å². The predicted molar refractivity (Wildman–Crippen MR) is 70.8 cm³/mol. The van der Waals surface area contributed by atoms with E-state index in [1.165, 1.54) is 5.56 Å². The van der Waals surface area contributed by atoms with Gasteiger partial charge < -0.3 is 0 Å². The maximum Gasteiger partial charge on any atom is 0.0406 e. The Bertz CT molecular complexity index is 444. The molecule has 0 atom stereocenters. The molecule has 0 fully saturated rings. The molecule has 0 aromatic heterocycles. The molecule has 2 aromatic rings. The minimum atomic E-state index is 0.750. The molecule has 2 rings (SSSR count). The molecule has 0 spiro atoms. The Morgan fingerprint density at radius 1 is 0.875 bits per heavy atom. The zero-order valence-electron chi connectivity index (χ0n) is 9.20. The minimum absolute atomic E-state index is 0.750. The third-order valence-corrected chi connectivity index (χ3v) is 2.84. The zero-order chi connectivity index (χ0) is 11.5. The predicted octanol–water partition coefficient (Wildman–Crippen LogP) is 4.71. The van der Waals surface area contributed by atoms with Crippen LogP contribution in [0.15, 0.2) is 55.1 Å². The molecule has 0 N–H and O–H groups in total. The van der Waals surface area contributed by atoms with Gasteiger partial charge in [0, 0.05) is 5.02 Å². The van der Waals surface area contributed by atoms with E-state index in [0.29, 0.717) is 0 Å². The van der Waals surface area contributed by atoms with E-state index in [9.17, 15) is 0 Å². The summed E-state index contributed by atoms with van der Waals surface area (Å²) in [4.78, 5) is 0. The number of hydrogen-bond acceptors (Lipinski definition) is 0. The van der Waals surface area contributed by atoms with E-state index in [-0.39, 0.29) is 0 Å². The first kappa shape index (κ1) is 11.0. The zero-order valence-corrected chi connectivity index (χ0v) is 9.96. The van der Waals surface area contributed by atoms with E-state index in [2.05, 4.69) is 37.8 Å². The second-order valence-electron chi connectivity index (χ2n) is 3.85. The van der Waals surface area contributed by atoms with Crippen molar-refractivity contribution in [3.05, 3.63) is 76.8 Å². The van der Waals surface area contributed by atoms with Crippen LogP contribution >= 0.6 is 11.6 Å². The van der Waals surface area contributed by atoms with Gasteiger partial charge in [-0.3, -0.25) is 0 Å². The number of aryl methyl sites for hydroxylation is 1. The molecule has 0 saturated carbocycles. The number of rotatable bonds is 2. The normalized spacial score (nSPS) is 10.1. The standard InChI is InChI=1S/C15H13Cl/c1-11-3-5-13(6-4-11)12(2)14-7-9-15(16)10-8-14/h3-10H,2H2,1H3. The molecule has 1 heteroatoms. The van der Waals surface area contributed by atoms with Gasteiger partial charge in [-0.15, -0.1) is 0 Å². The van der Waals surface area contributed by atoms with Gasteiger partial charge in [-0.25, -0.2) is 0 Å². The Morgan fingerprint density at radius 3 is 1.81 bits per heavy atom. The lowest BCUT2D eigenvalue weighted by Gasteiger charge is -2.06. The van der Waals surface area contributed by atoms with Crippen molar-refractivity contribution in [2.24, 2.45) is 0 Å². The Hall–Kier alpha value is -1.53. The van der Waals surface area contributed by atoms with E-state index >= 15 is 0 Å². The second kappa shape index (κ2) is 4.54. The summed E-state index contributed by atoms with van der Waals surface area (Å²) in [7, 11) is 0. The van der Waals surface area contributed by atoms with Crippen LogP contribution in [0.4, 0.5) is 0 Å². The van der Waals surface area contributed by atoms with Crippen LogP contribution in [0.2, 0.25) is 5.02 Å². The SMILES string of the molecule is C=C(c1ccc(C)cc1)c1ccc(Cl)cc1. The lowest BCUT2D eigenvalue weighted by molar-refractivity contribution is 1.45. The monoisotopic (exact) mass is 228 g/mol. The summed E-state index contributed by atoms with van der Waals surface area (Å²) >= 11 is 5.85. The fraction of sp³-hybridized carbons (Fsp3) is 0.0667. The molecule has 0 aliphatic carbocycles. The van der Waals surface area contributed by atoms with Crippen molar-refractivity contribution in [3.8, 4) is 0 Å². The topological polar surface area (TPSA) is 0 Å². The van der Waals surface area contributed by atoms with Crippen molar-refractivity contribution in [2.45, 2.75) is 6.92 Å². The van der Waals surface area contributed by atoms with Crippen LogP contribution < -0.4 is 0 Å². The fourth-order valence-electron chi connectivity index (χ4n) is 1.57. The highest BCUT2D eigenvalue weighted by Crippen LogP contribution is 2.23. The summed E-state index contributed by atoms with van der Waals surface area (Å²) < 4.78 is 0. The second-order valence-corrected chi connectivity index (χ2v) is 4.29. The van der Waals surface area contributed by atoms with Gasteiger partial charge in [0.2, 0.25) is 0 Å². The molecule has 0 saturated heterocycles. The van der Waals surface area contributed by atoms with Crippen LogP contribution in [0, 0.1) is 6.92 Å². The molecule has 0 amide bonds. The van der Waals surface area contributed by atoms with Crippen LogP contribution in [0.5, 0.6) is 0 Å². The Labute approximate surface area is 101 Å². The molecule has 0 aliphatic rings. The first-order valence-corrected chi connectivity index (χ1v) is 5.56. The lowest BCUT2D eigenvalue weighted by atomic mass is 9.99. The molecule has 16 heavy (non-hydrogen) atoms. The maximum atomic E-state index is 5.85. The summed E-state index contributed by atoms with van der Waals surface area (Å²) in [5.74, 6) is 0. The summed E-state index contributed by atoms with van der Waals surface area (Å²) in [6.07, 6.45) is 0. The van der Waals surface area contributed by atoms with Gasteiger partial charge in [-0.2, -0.15) is 0 Å². The van der Waals surface area contributed by atoms with E-state index in [1.54, 1.807) is 0 Å². The van der Waals surface area contributed by atoms with Crippen molar-refractivity contribution in [1.29, 1.82) is 0 Å². The first-order chi connectivity index (χ1) is 7.66. The Balaban J connectivity index is 2.32. The third-order valence-electron chi connectivity index (χ3n) is 2.59. The molecule has 0 aliphatic heterocycles. The van der Waals surface area contributed by atoms with Gasteiger partial charge in [0.25, 0.3) is 0 Å². The maximum absolute atomic E-state index is 5.85. The van der Waals surface area contributed by atoms with Crippen LogP contribution in [0.3, 0.4) is 0 Å². The van der Waals surface area contributed by atoms with Crippen molar-refractivity contribution < 1.29 is 0 Å². The highest BCUT2D eigenvalue weighted by molar-refractivity contribution is 6.30. The summed E-state index contributed by atoms with van der Waals surface area (Å²) in [5.41, 5.74) is 4.53. The van der Waals surface area contributed by atoms with Gasteiger partial charge in [0.1, 0.15) is 0 Å². The van der Waals surface area contributed by atoms with E-state index < -0.39 is 0 Å². The van der Waals surface area contributed by atoms with Crippen molar-refractivity contribution >= 4 is 17.2 Å². The molecule has 2 aromatic carbocycles. The molecule has 80 valence electrons. The molecular weight excluding hydrogens is 216 g/mol. The third kappa shape index (κ3) is 2.34. The highest BCUT2D eigenvalue weighted by Gasteiger charge is 2.01. The summed E-state index contributed by atoms with van der Waals surface area (Å²) in [5, 5.41) is 0.750.